The number of aromatic hydroxyl groups is 1. The van der Waals surface area contributed by atoms with E-state index >= 15 is 0 Å². The van der Waals surface area contributed by atoms with Crippen molar-refractivity contribution in [1.82, 2.24) is 14.9 Å². The van der Waals surface area contributed by atoms with Crippen LogP contribution >= 0.6 is 11.6 Å². The zero-order chi connectivity index (χ0) is 19.5. The molecule has 1 fully saturated rings. The number of para-hydroxylation sites is 2. The first kappa shape index (κ1) is 18.6. The Morgan fingerprint density at radius 3 is 2.61 bits per heavy atom. The molecule has 7 nitrogen and oxygen atoms in total. The van der Waals surface area contributed by atoms with Gasteiger partial charge in [-0.1, -0.05) is 23.7 Å². The van der Waals surface area contributed by atoms with Crippen molar-refractivity contribution in [1.29, 1.82) is 0 Å². The Morgan fingerprint density at radius 1 is 1.14 bits per heavy atom. The van der Waals surface area contributed by atoms with Crippen LogP contribution in [0.3, 0.4) is 0 Å². The van der Waals surface area contributed by atoms with Crippen LogP contribution in [0.2, 0.25) is 5.15 Å². The second-order valence-electron chi connectivity index (χ2n) is 6.54. The van der Waals surface area contributed by atoms with Gasteiger partial charge in [0.15, 0.2) is 10.8 Å². The number of nitrogens with one attached hydrogen (secondary N) is 1. The van der Waals surface area contributed by atoms with Crippen LogP contribution in [0.25, 0.3) is 11.0 Å². The molecule has 0 radical (unpaired) electrons. The molecular formula is C20H19ClN4O3. The van der Waals surface area contributed by atoms with Crippen LogP contribution in [-0.2, 0) is 11.3 Å². The molecule has 1 aliphatic heterocycles. The largest absolute Gasteiger partial charge is 0.508 e. The van der Waals surface area contributed by atoms with E-state index in [9.17, 15) is 9.90 Å². The minimum absolute atomic E-state index is 0.0449. The number of carbonyl (C=O) groups is 1. The summed E-state index contributed by atoms with van der Waals surface area (Å²) < 4.78 is 5.35. The summed E-state index contributed by atoms with van der Waals surface area (Å²) in [6.07, 6.45) is 0. The van der Waals surface area contributed by atoms with Crippen LogP contribution in [0, 0.1) is 0 Å². The average molecular weight is 399 g/mol. The van der Waals surface area contributed by atoms with Gasteiger partial charge in [-0.3, -0.25) is 9.69 Å². The first-order valence-electron chi connectivity index (χ1n) is 8.96. The molecule has 28 heavy (non-hydrogen) atoms. The Hall–Kier alpha value is -2.74. The first-order valence-corrected chi connectivity index (χ1v) is 9.33. The maximum Gasteiger partial charge on any atom is 0.277 e. The molecule has 4 rings (SSSR count). The highest BCUT2D eigenvalue weighted by molar-refractivity contribution is 6.33. The predicted molar refractivity (Wildman–Crippen MR) is 107 cm³/mol. The molecule has 2 heterocycles. The number of phenolic OH excluding ortho intramolecular Hbond substituents is 1. The Morgan fingerprint density at radius 2 is 1.86 bits per heavy atom. The summed E-state index contributed by atoms with van der Waals surface area (Å²) in [5, 5.41) is 13.0. The summed E-state index contributed by atoms with van der Waals surface area (Å²) in [5.74, 6) is -0.265. The average Bonchev–Trinajstić information content (AvgIpc) is 2.70. The van der Waals surface area contributed by atoms with E-state index < -0.39 is 5.91 Å². The number of morpholine rings is 1. The van der Waals surface area contributed by atoms with E-state index in [0.717, 1.165) is 18.7 Å². The lowest BCUT2D eigenvalue weighted by Crippen LogP contribution is -2.35. The second-order valence-corrected chi connectivity index (χ2v) is 6.90. The molecule has 3 aromatic rings. The van der Waals surface area contributed by atoms with Gasteiger partial charge in [-0.05, 0) is 30.3 Å². The minimum Gasteiger partial charge on any atom is -0.508 e. The van der Waals surface area contributed by atoms with Crippen LogP contribution in [-0.4, -0.2) is 52.2 Å². The van der Waals surface area contributed by atoms with Crippen LogP contribution in [0.5, 0.6) is 5.75 Å². The summed E-state index contributed by atoms with van der Waals surface area (Å²) in [7, 11) is 0. The minimum atomic E-state index is -0.453. The van der Waals surface area contributed by atoms with Crippen molar-refractivity contribution in [3.63, 3.8) is 0 Å². The van der Waals surface area contributed by atoms with Crippen molar-refractivity contribution in [2.24, 2.45) is 0 Å². The van der Waals surface area contributed by atoms with Gasteiger partial charge < -0.3 is 15.2 Å². The highest BCUT2D eigenvalue weighted by Gasteiger charge is 2.17. The molecule has 144 valence electrons. The third kappa shape index (κ3) is 4.06. The van der Waals surface area contributed by atoms with E-state index in [1.54, 1.807) is 30.3 Å². The number of fused-ring (bicyclic) bond motifs is 1. The Bertz CT molecular complexity index is 1020. The van der Waals surface area contributed by atoms with Gasteiger partial charge in [0.05, 0.1) is 24.2 Å². The van der Waals surface area contributed by atoms with Gasteiger partial charge in [0, 0.05) is 30.9 Å². The number of ether oxygens (including phenoxy) is 1. The standard InChI is InChI=1S/C20H19ClN4O3/c21-19-18(23-15-3-1-2-4-16(15)24-19)20(27)22-14-5-6-17(26)13(11-14)12-25-7-9-28-10-8-25/h1-6,11,26H,7-10,12H2,(H,22,27). The molecule has 0 bridgehead atoms. The van der Waals surface area contributed by atoms with Crippen molar-refractivity contribution in [3.05, 3.63) is 58.9 Å². The molecule has 1 saturated heterocycles. The number of benzene rings is 2. The molecule has 0 aliphatic carbocycles. The summed E-state index contributed by atoms with van der Waals surface area (Å²) in [6.45, 7) is 3.54. The SMILES string of the molecule is O=C(Nc1ccc(O)c(CN2CCOCC2)c1)c1nc2ccccc2nc1Cl. The molecule has 8 heteroatoms. The molecule has 1 amide bonds. The molecule has 0 unspecified atom stereocenters. The predicted octanol–water partition coefficient (Wildman–Crippen LogP) is 3.07. The maximum absolute atomic E-state index is 12.7. The van der Waals surface area contributed by atoms with E-state index in [1.807, 2.05) is 12.1 Å². The fraction of sp³-hybridized carbons (Fsp3) is 0.250. The lowest BCUT2D eigenvalue weighted by atomic mass is 10.1. The number of carbonyl (C=O) groups excluding carboxylic acids is 1. The number of nitrogens with zero attached hydrogens (tertiary/aromatic N) is 3. The smallest absolute Gasteiger partial charge is 0.277 e. The molecule has 0 saturated carbocycles. The fourth-order valence-corrected chi connectivity index (χ4v) is 3.32. The molecule has 2 aromatic carbocycles. The van der Waals surface area contributed by atoms with E-state index in [1.165, 1.54) is 0 Å². The van der Waals surface area contributed by atoms with Gasteiger partial charge in [-0.2, -0.15) is 0 Å². The van der Waals surface area contributed by atoms with Crippen molar-refractivity contribution in [3.8, 4) is 5.75 Å². The highest BCUT2D eigenvalue weighted by Crippen LogP contribution is 2.24. The Labute approximate surface area is 166 Å². The van der Waals surface area contributed by atoms with Gasteiger partial charge in [-0.15, -0.1) is 0 Å². The number of phenols is 1. The van der Waals surface area contributed by atoms with E-state index in [0.29, 0.717) is 36.5 Å². The lowest BCUT2D eigenvalue weighted by Gasteiger charge is -2.27. The van der Waals surface area contributed by atoms with E-state index in [4.69, 9.17) is 16.3 Å². The number of aromatic nitrogens is 2. The van der Waals surface area contributed by atoms with Crippen LogP contribution in [0.4, 0.5) is 5.69 Å². The van der Waals surface area contributed by atoms with Crippen molar-refractivity contribution < 1.29 is 14.6 Å². The van der Waals surface area contributed by atoms with Crippen LogP contribution < -0.4 is 5.32 Å². The van der Waals surface area contributed by atoms with Gasteiger partial charge in [0.1, 0.15) is 5.75 Å². The monoisotopic (exact) mass is 398 g/mol. The molecule has 1 aromatic heterocycles. The van der Waals surface area contributed by atoms with Crippen LogP contribution in [0.15, 0.2) is 42.5 Å². The lowest BCUT2D eigenvalue weighted by molar-refractivity contribution is 0.0339. The van der Waals surface area contributed by atoms with Crippen molar-refractivity contribution in [2.75, 3.05) is 31.6 Å². The molecule has 0 atom stereocenters. The topological polar surface area (TPSA) is 87.6 Å². The zero-order valence-electron chi connectivity index (χ0n) is 15.1. The summed E-state index contributed by atoms with van der Waals surface area (Å²) in [6, 6.07) is 12.2. The summed E-state index contributed by atoms with van der Waals surface area (Å²) >= 11 is 6.16. The fourth-order valence-electron chi connectivity index (χ4n) is 3.10. The van der Waals surface area contributed by atoms with Crippen LogP contribution in [0.1, 0.15) is 16.1 Å². The second kappa shape index (κ2) is 8.10. The number of hydrogen-bond acceptors (Lipinski definition) is 6. The Kier molecular flexibility index (Phi) is 5.38. The first-order chi connectivity index (χ1) is 13.6. The summed E-state index contributed by atoms with van der Waals surface area (Å²) in [5.41, 5.74) is 2.56. The normalized spacial score (nSPS) is 14.9. The van der Waals surface area contributed by atoms with Gasteiger partial charge in [0.25, 0.3) is 5.91 Å². The number of rotatable bonds is 4. The van der Waals surface area contributed by atoms with Crippen molar-refractivity contribution >= 4 is 34.2 Å². The number of anilines is 1. The molecule has 1 aliphatic rings. The van der Waals surface area contributed by atoms with Gasteiger partial charge >= 0.3 is 0 Å². The molecule has 2 N–H and O–H groups in total. The number of amides is 1. The number of hydrogen-bond donors (Lipinski definition) is 2. The van der Waals surface area contributed by atoms with E-state index in [-0.39, 0.29) is 16.6 Å². The van der Waals surface area contributed by atoms with E-state index in [2.05, 4.69) is 20.2 Å². The van der Waals surface area contributed by atoms with Gasteiger partial charge in [-0.25, -0.2) is 9.97 Å². The quantitative estimate of drug-likeness (QED) is 0.657. The summed E-state index contributed by atoms with van der Waals surface area (Å²) in [4.78, 5) is 23.4. The maximum atomic E-state index is 12.7. The Balaban J connectivity index is 1.54. The molecular weight excluding hydrogens is 380 g/mol. The third-order valence-electron chi connectivity index (χ3n) is 4.58. The van der Waals surface area contributed by atoms with Crippen molar-refractivity contribution in [2.45, 2.75) is 6.54 Å². The third-order valence-corrected chi connectivity index (χ3v) is 4.84. The zero-order valence-corrected chi connectivity index (χ0v) is 15.8. The molecule has 0 spiro atoms. The highest BCUT2D eigenvalue weighted by atomic mass is 35.5. The number of halogens is 1. The van der Waals surface area contributed by atoms with Gasteiger partial charge in [0.2, 0.25) is 0 Å².